The van der Waals surface area contributed by atoms with Gasteiger partial charge in [0.1, 0.15) is 11.6 Å². The fraction of sp³-hybridized carbons (Fsp3) is 0.316. The van der Waals surface area contributed by atoms with Crippen LogP contribution in [0.4, 0.5) is 11.8 Å². The predicted molar refractivity (Wildman–Crippen MR) is 115 cm³/mol. The fourth-order valence-electron chi connectivity index (χ4n) is 3.15. The predicted octanol–water partition coefficient (Wildman–Crippen LogP) is 1.34. The monoisotopic (exact) mass is 446 g/mol. The highest BCUT2D eigenvalue weighted by molar-refractivity contribution is 7.14. The zero-order valence-corrected chi connectivity index (χ0v) is 17.3. The summed E-state index contributed by atoms with van der Waals surface area (Å²) in [4.78, 5) is 43.7. The largest absolute Gasteiger partial charge is 0.481 e. The van der Waals surface area contributed by atoms with E-state index in [-0.39, 0.29) is 18.8 Å². The third-order valence-corrected chi connectivity index (χ3v) is 5.76. The van der Waals surface area contributed by atoms with E-state index in [9.17, 15) is 19.5 Å². The molecule has 0 bridgehead atoms. The second-order valence-corrected chi connectivity index (χ2v) is 8.04. The van der Waals surface area contributed by atoms with Crippen molar-refractivity contribution >= 4 is 52.0 Å². The quantitative estimate of drug-likeness (QED) is 0.306. The van der Waals surface area contributed by atoms with Gasteiger partial charge in [-0.05, 0) is 37.5 Å². The van der Waals surface area contributed by atoms with E-state index in [0.717, 1.165) is 16.8 Å². The molecular weight excluding hydrogens is 424 g/mol. The molecule has 0 fully saturated rings. The van der Waals surface area contributed by atoms with Crippen LogP contribution in [0.25, 0.3) is 11.0 Å². The fourth-order valence-corrected chi connectivity index (χ4v) is 4.11. The average molecular weight is 446 g/mol. The van der Waals surface area contributed by atoms with Crippen molar-refractivity contribution in [2.75, 3.05) is 11.5 Å². The molecule has 0 aliphatic heterocycles. The van der Waals surface area contributed by atoms with Crippen LogP contribution in [0.2, 0.25) is 0 Å². The molecule has 11 nitrogen and oxygen atoms in total. The Hall–Kier alpha value is -3.67. The summed E-state index contributed by atoms with van der Waals surface area (Å²) in [7, 11) is 0. The normalized spacial score (nSPS) is 12.0. The van der Waals surface area contributed by atoms with Crippen LogP contribution >= 0.6 is 11.3 Å². The topological polar surface area (TPSA) is 186 Å². The number of carboxylic acids is 2. The van der Waals surface area contributed by atoms with Gasteiger partial charge in [0.2, 0.25) is 5.95 Å². The van der Waals surface area contributed by atoms with Crippen molar-refractivity contribution in [3.05, 3.63) is 34.2 Å². The lowest BCUT2D eigenvalue weighted by atomic mass is 10.1. The molecule has 0 saturated carbocycles. The second kappa shape index (κ2) is 9.43. The number of amides is 1. The Morgan fingerprint density at radius 2 is 1.94 bits per heavy atom. The van der Waals surface area contributed by atoms with Crippen molar-refractivity contribution in [1.29, 1.82) is 0 Å². The van der Waals surface area contributed by atoms with E-state index >= 15 is 0 Å². The summed E-state index contributed by atoms with van der Waals surface area (Å²) in [5.41, 5.74) is 13.0. The number of aliphatic carboxylic acids is 2. The van der Waals surface area contributed by atoms with Crippen molar-refractivity contribution in [2.45, 2.75) is 38.3 Å². The Morgan fingerprint density at radius 3 is 2.65 bits per heavy atom. The molecule has 7 N–H and O–H groups in total. The molecule has 12 heteroatoms. The summed E-state index contributed by atoms with van der Waals surface area (Å²) in [5.74, 6) is -2.48. The summed E-state index contributed by atoms with van der Waals surface area (Å²) in [6.45, 7) is 0.663. The van der Waals surface area contributed by atoms with Crippen LogP contribution in [0, 0.1) is 0 Å². The maximum Gasteiger partial charge on any atom is 0.326 e. The lowest BCUT2D eigenvalue weighted by molar-refractivity contribution is -0.140. The van der Waals surface area contributed by atoms with Gasteiger partial charge in [0, 0.05) is 24.0 Å². The molecule has 1 atom stereocenters. The van der Waals surface area contributed by atoms with Crippen LogP contribution in [0.5, 0.6) is 0 Å². The smallest absolute Gasteiger partial charge is 0.326 e. The SMILES string of the molecule is Nc1nc(N)c2c(ccn2CCCc2ccc(C(=O)N[C@@H](CCC(=O)O)C(=O)O)s2)n1. The molecule has 3 rings (SSSR count). The Balaban J connectivity index is 1.57. The first-order valence-electron chi connectivity index (χ1n) is 9.46. The Labute approximate surface area is 180 Å². The summed E-state index contributed by atoms with van der Waals surface area (Å²) >= 11 is 1.27. The van der Waals surface area contributed by atoms with Gasteiger partial charge in [0.25, 0.3) is 5.91 Å². The molecule has 0 spiro atoms. The number of hydrogen-bond donors (Lipinski definition) is 5. The number of fused-ring (bicyclic) bond motifs is 1. The third kappa shape index (κ3) is 5.48. The van der Waals surface area contributed by atoms with Gasteiger partial charge in [-0.15, -0.1) is 11.3 Å². The van der Waals surface area contributed by atoms with E-state index in [4.69, 9.17) is 16.6 Å². The molecule has 3 aromatic rings. The van der Waals surface area contributed by atoms with Crippen molar-refractivity contribution in [3.8, 4) is 0 Å². The maximum atomic E-state index is 12.3. The van der Waals surface area contributed by atoms with Crippen molar-refractivity contribution in [2.24, 2.45) is 0 Å². The number of nitrogens with two attached hydrogens (primary N) is 2. The number of nitrogen functional groups attached to an aromatic ring is 2. The van der Waals surface area contributed by atoms with Crippen LogP contribution in [0.1, 0.15) is 33.8 Å². The summed E-state index contributed by atoms with van der Waals surface area (Å²) in [6.07, 6.45) is 2.81. The molecule has 164 valence electrons. The minimum atomic E-state index is -1.27. The summed E-state index contributed by atoms with van der Waals surface area (Å²) in [5, 5.41) is 20.3. The molecule has 0 aliphatic rings. The Morgan fingerprint density at radius 1 is 1.16 bits per heavy atom. The second-order valence-electron chi connectivity index (χ2n) is 6.88. The van der Waals surface area contributed by atoms with Gasteiger partial charge in [-0.3, -0.25) is 9.59 Å². The number of rotatable bonds is 10. The number of aromatic nitrogens is 3. The highest BCUT2D eigenvalue weighted by Crippen LogP contribution is 2.22. The number of thiophene rings is 1. The number of anilines is 2. The Kier molecular flexibility index (Phi) is 6.70. The van der Waals surface area contributed by atoms with Gasteiger partial charge < -0.3 is 31.6 Å². The van der Waals surface area contributed by atoms with Gasteiger partial charge >= 0.3 is 11.9 Å². The van der Waals surface area contributed by atoms with Crippen molar-refractivity contribution < 1.29 is 24.6 Å². The van der Waals surface area contributed by atoms with Crippen LogP contribution in [-0.2, 0) is 22.6 Å². The standard InChI is InChI=1S/C19H22N6O5S/c20-16-15-11(23-19(21)24-16)7-9-25(15)8-1-2-10-3-5-13(31-10)17(28)22-12(18(29)30)4-6-14(26)27/h3,5,7,9,12H,1-2,4,6,8H2,(H,22,28)(H,26,27)(H,29,30)(H4,20,21,23,24)/t12-/m0/s1. The highest BCUT2D eigenvalue weighted by atomic mass is 32.1. The highest BCUT2D eigenvalue weighted by Gasteiger charge is 2.22. The first kappa shape index (κ1) is 22.0. The van der Waals surface area contributed by atoms with Gasteiger partial charge in [-0.25, -0.2) is 9.78 Å². The molecule has 0 radical (unpaired) electrons. The average Bonchev–Trinajstić information content (AvgIpc) is 3.32. The van der Waals surface area contributed by atoms with Crippen LogP contribution in [0.15, 0.2) is 24.4 Å². The number of hydrogen-bond acceptors (Lipinski definition) is 8. The van der Waals surface area contributed by atoms with Crippen molar-refractivity contribution in [1.82, 2.24) is 19.9 Å². The molecule has 0 saturated heterocycles. The van der Waals surface area contributed by atoms with Gasteiger partial charge in [0.15, 0.2) is 5.82 Å². The minimum absolute atomic E-state index is 0.125. The molecule has 3 aromatic heterocycles. The first-order chi connectivity index (χ1) is 14.7. The molecule has 0 unspecified atom stereocenters. The minimum Gasteiger partial charge on any atom is -0.481 e. The number of carboxylic acid groups (broad SMARTS) is 2. The maximum absolute atomic E-state index is 12.3. The van der Waals surface area contributed by atoms with E-state index in [0.29, 0.717) is 29.2 Å². The van der Waals surface area contributed by atoms with E-state index in [1.54, 1.807) is 6.07 Å². The van der Waals surface area contributed by atoms with Crippen molar-refractivity contribution in [3.63, 3.8) is 0 Å². The van der Waals surface area contributed by atoms with Gasteiger partial charge in [-0.1, -0.05) is 0 Å². The number of aryl methyl sites for hydroxylation is 2. The molecule has 0 aromatic carbocycles. The molecule has 3 heterocycles. The van der Waals surface area contributed by atoms with Crippen LogP contribution in [-0.4, -0.2) is 48.6 Å². The van der Waals surface area contributed by atoms with Crippen LogP contribution in [0.3, 0.4) is 0 Å². The third-order valence-electron chi connectivity index (χ3n) is 4.61. The van der Waals surface area contributed by atoms with Gasteiger partial charge in [-0.2, -0.15) is 4.98 Å². The summed E-state index contributed by atoms with van der Waals surface area (Å²) in [6, 6.07) is 4.02. The number of nitrogens with zero attached hydrogens (tertiary/aromatic N) is 3. The number of nitrogens with one attached hydrogen (secondary N) is 1. The number of carbonyl (C=O) groups excluding carboxylic acids is 1. The van der Waals surface area contributed by atoms with Gasteiger partial charge in [0.05, 0.1) is 10.4 Å². The van der Waals surface area contributed by atoms with E-state index in [2.05, 4.69) is 15.3 Å². The lowest BCUT2D eigenvalue weighted by Crippen LogP contribution is -2.40. The van der Waals surface area contributed by atoms with E-state index < -0.39 is 23.9 Å². The Bertz CT molecular complexity index is 1120. The molecule has 31 heavy (non-hydrogen) atoms. The zero-order valence-electron chi connectivity index (χ0n) is 16.4. The van der Waals surface area contributed by atoms with E-state index in [1.807, 2.05) is 22.9 Å². The van der Waals surface area contributed by atoms with Crippen LogP contribution < -0.4 is 16.8 Å². The van der Waals surface area contributed by atoms with E-state index in [1.165, 1.54) is 11.3 Å². The first-order valence-corrected chi connectivity index (χ1v) is 10.3. The molecule has 0 aliphatic carbocycles. The zero-order chi connectivity index (χ0) is 22.5. The summed E-state index contributed by atoms with van der Waals surface area (Å²) < 4.78 is 1.95. The lowest BCUT2D eigenvalue weighted by Gasteiger charge is -2.12. The molecular formula is C19H22N6O5S. The number of carbonyl (C=O) groups is 3. The molecule has 1 amide bonds.